The number of aliphatic hydroxyl groups is 1. The maximum absolute atomic E-state index is 15.0. The number of hydrogen-bond acceptors (Lipinski definition) is 7. The van der Waals surface area contributed by atoms with Crippen LogP contribution in [-0.4, -0.2) is 54.4 Å². The first-order valence-electron chi connectivity index (χ1n) is 9.07. The molecule has 1 heterocycles. The van der Waals surface area contributed by atoms with Crippen molar-refractivity contribution in [1.29, 1.82) is 0 Å². The second-order valence-electron chi connectivity index (χ2n) is 7.09. The molecule has 15 heteroatoms. The zero-order valence-corrected chi connectivity index (χ0v) is 18.0. The van der Waals surface area contributed by atoms with Gasteiger partial charge in [0.25, 0.3) is 0 Å². The van der Waals surface area contributed by atoms with E-state index in [4.69, 9.17) is 11.6 Å². The first-order chi connectivity index (χ1) is 16.0. The molecule has 0 aliphatic carbocycles. The average Bonchev–Trinajstić information content (AvgIpc) is 2.77. The maximum Gasteiger partial charge on any atom is 0.460 e. The molecule has 0 amide bonds. The molecular weight excluding hydrogens is 521 g/mol. The summed E-state index contributed by atoms with van der Waals surface area (Å²) in [5, 5.41) is 21.1. The summed E-state index contributed by atoms with van der Waals surface area (Å²) in [5.41, 5.74) is -5.42. The van der Waals surface area contributed by atoms with E-state index in [0.717, 1.165) is 32.4 Å². The number of alkyl halides is 7. The molecular formula is C20H12ClF7O7. The Morgan fingerprint density at radius 2 is 1.57 bits per heavy atom. The third-order valence-corrected chi connectivity index (χ3v) is 5.34. The molecule has 7 nitrogen and oxygen atoms in total. The minimum absolute atomic E-state index is 0.132. The van der Waals surface area contributed by atoms with Gasteiger partial charge in [0.05, 0.1) is 14.2 Å². The van der Waals surface area contributed by atoms with Gasteiger partial charge in [-0.25, -0.2) is 9.59 Å². The highest BCUT2D eigenvalue weighted by Gasteiger charge is 2.82. The molecule has 0 saturated carbocycles. The van der Waals surface area contributed by atoms with E-state index in [-0.39, 0.29) is 11.1 Å². The van der Waals surface area contributed by atoms with Crippen LogP contribution in [0.3, 0.4) is 0 Å². The average molecular weight is 533 g/mol. The van der Waals surface area contributed by atoms with Gasteiger partial charge in [-0.15, -0.1) is 0 Å². The number of phenols is 1. The summed E-state index contributed by atoms with van der Waals surface area (Å²) in [4.78, 5) is 24.6. The van der Waals surface area contributed by atoms with Crippen molar-refractivity contribution in [2.45, 2.75) is 23.8 Å². The number of esters is 2. The third kappa shape index (κ3) is 3.62. The van der Waals surface area contributed by atoms with Gasteiger partial charge < -0.3 is 24.4 Å². The van der Waals surface area contributed by atoms with Crippen LogP contribution >= 0.6 is 11.6 Å². The third-order valence-electron chi connectivity index (χ3n) is 5.10. The van der Waals surface area contributed by atoms with Gasteiger partial charge in [-0.2, -0.15) is 30.7 Å². The number of halogens is 8. The number of carbonyl (C=O) groups excluding carboxylic acids is 2. The predicted molar refractivity (Wildman–Crippen MR) is 102 cm³/mol. The van der Waals surface area contributed by atoms with Crippen molar-refractivity contribution in [2.75, 3.05) is 14.2 Å². The van der Waals surface area contributed by atoms with Crippen LogP contribution in [0, 0.1) is 0 Å². The summed E-state index contributed by atoms with van der Waals surface area (Å²) in [6.07, 6.45) is -6.89. The molecule has 0 bridgehead atoms. The molecule has 0 spiro atoms. The Bertz CT molecular complexity index is 1230. The van der Waals surface area contributed by atoms with Gasteiger partial charge in [0.2, 0.25) is 0 Å². The first-order valence-corrected chi connectivity index (χ1v) is 9.44. The van der Waals surface area contributed by atoms with Crippen LogP contribution in [-0.2, 0) is 15.3 Å². The van der Waals surface area contributed by atoms with Gasteiger partial charge in [0.1, 0.15) is 22.6 Å². The normalized spacial score (nSPS) is 17.7. The van der Waals surface area contributed by atoms with Gasteiger partial charge >= 0.3 is 35.7 Å². The van der Waals surface area contributed by atoms with Crippen molar-refractivity contribution in [1.82, 2.24) is 0 Å². The lowest BCUT2D eigenvalue weighted by molar-refractivity contribution is -0.421. The molecule has 1 unspecified atom stereocenters. The van der Waals surface area contributed by atoms with Crippen LogP contribution in [0.4, 0.5) is 30.7 Å². The lowest BCUT2D eigenvalue weighted by Gasteiger charge is -2.43. The summed E-state index contributed by atoms with van der Waals surface area (Å²) in [5.74, 6) is -23.5. The number of hydrogen-bond donors (Lipinski definition) is 2. The molecule has 0 aromatic heterocycles. The van der Waals surface area contributed by atoms with E-state index in [0.29, 0.717) is 0 Å². The second-order valence-corrected chi connectivity index (χ2v) is 7.52. The summed E-state index contributed by atoms with van der Waals surface area (Å²) in [7, 11) is 1.49. The molecule has 35 heavy (non-hydrogen) atoms. The van der Waals surface area contributed by atoms with E-state index < -0.39 is 75.1 Å². The van der Waals surface area contributed by atoms with Crippen molar-refractivity contribution in [2.24, 2.45) is 0 Å². The van der Waals surface area contributed by atoms with E-state index in [1.54, 1.807) is 0 Å². The molecule has 0 fully saturated rings. The summed E-state index contributed by atoms with van der Waals surface area (Å²) in [6, 6.07) is 2.73. The molecule has 1 aliphatic heterocycles. The topological polar surface area (TPSA) is 102 Å². The SMILES string of the molecule is COC(=O)c1cc2c(c(C(=O)OC)c1O)-c1cc(Cl)ccc1OC2(O)C(F)(F)C(F)(F)C(F)(F)F. The number of aromatic hydroxyl groups is 1. The second kappa shape index (κ2) is 8.16. The van der Waals surface area contributed by atoms with Crippen LogP contribution in [0.2, 0.25) is 5.02 Å². The van der Waals surface area contributed by atoms with Crippen molar-refractivity contribution in [3.63, 3.8) is 0 Å². The summed E-state index contributed by atoms with van der Waals surface area (Å²) >= 11 is 5.86. The number of ether oxygens (including phenoxy) is 3. The highest BCUT2D eigenvalue weighted by Crippen LogP contribution is 2.60. The van der Waals surface area contributed by atoms with E-state index in [2.05, 4.69) is 14.2 Å². The van der Waals surface area contributed by atoms with Gasteiger partial charge in [0.15, 0.2) is 0 Å². The molecule has 2 N–H and O–H groups in total. The van der Waals surface area contributed by atoms with Crippen LogP contribution in [0.5, 0.6) is 11.5 Å². The molecule has 1 aliphatic rings. The number of carbonyl (C=O) groups is 2. The highest BCUT2D eigenvalue weighted by molar-refractivity contribution is 6.31. The first kappa shape index (κ1) is 26.3. The minimum Gasteiger partial charge on any atom is -0.506 e. The minimum atomic E-state index is -6.90. The summed E-state index contributed by atoms with van der Waals surface area (Å²) in [6.45, 7) is 0. The molecule has 2 aromatic carbocycles. The molecule has 3 rings (SSSR count). The molecule has 190 valence electrons. The summed E-state index contributed by atoms with van der Waals surface area (Å²) < 4.78 is 110. The van der Waals surface area contributed by atoms with Gasteiger partial charge in [-0.05, 0) is 24.3 Å². The Morgan fingerprint density at radius 1 is 1.00 bits per heavy atom. The monoisotopic (exact) mass is 532 g/mol. The van der Waals surface area contributed by atoms with Crippen LogP contribution in [0.25, 0.3) is 11.1 Å². The quantitative estimate of drug-likeness (QED) is 0.436. The van der Waals surface area contributed by atoms with Crippen molar-refractivity contribution in [3.8, 4) is 22.6 Å². The highest BCUT2D eigenvalue weighted by atomic mass is 35.5. The zero-order valence-electron chi connectivity index (χ0n) is 17.3. The predicted octanol–water partition coefficient (Wildman–Crippen LogP) is 4.66. The fourth-order valence-corrected chi connectivity index (χ4v) is 3.58. The molecule has 0 radical (unpaired) electrons. The fourth-order valence-electron chi connectivity index (χ4n) is 3.41. The van der Waals surface area contributed by atoms with Crippen molar-refractivity contribution >= 4 is 23.5 Å². The molecule has 1 atom stereocenters. The molecule has 0 saturated heterocycles. The van der Waals surface area contributed by atoms with E-state index >= 15 is 0 Å². The van der Waals surface area contributed by atoms with Crippen LogP contribution < -0.4 is 4.74 Å². The van der Waals surface area contributed by atoms with Gasteiger partial charge in [0, 0.05) is 21.7 Å². The van der Waals surface area contributed by atoms with Crippen molar-refractivity contribution in [3.05, 3.63) is 46.0 Å². The Labute approximate surface area is 195 Å². The van der Waals surface area contributed by atoms with Gasteiger partial charge in [-0.1, -0.05) is 11.6 Å². The zero-order chi connectivity index (χ0) is 26.7. The Balaban J connectivity index is 2.57. The van der Waals surface area contributed by atoms with Crippen LogP contribution in [0.15, 0.2) is 24.3 Å². The fraction of sp³-hybridized carbons (Fsp3) is 0.300. The Kier molecular flexibility index (Phi) is 6.14. The van der Waals surface area contributed by atoms with E-state index in [1.165, 1.54) is 0 Å². The lowest BCUT2D eigenvalue weighted by Crippen LogP contribution is -2.65. The smallest absolute Gasteiger partial charge is 0.460 e. The number of methoxy groups -OCH3 is 2. The number of rotatable bonds is 4. The van der Waals surface area contributed by atoms with Crippen LogP contribution in [0.1, 0.15) is 26.3 Å². The standard InChI is InChI=1S/C20H12ClF7O7/c1-33-15(30)9-6-10-12(13(14(9)29)16(31)34-2)8-5-7(21)3-4-11(8)35-17(10,32)18(22,23)19(24,25)20(26,27)28/h3-6,29,32H,1-2H3. The number of fused-ring (bicyclic) bond motifs is 3. The number of phenolic OH excluding ortho intramolecular Hbond substituents is 1. The van der Waals surface area contributed by atoms with E-state index in [9.17, 15) is 50.5 Å². The van der Waals surface area contributed by atoms with Crippen molar-refractivity contribution < 1.29 is 64.7 Å². The Hall–Kier alpha value is -3.26. The molecule has 2 aromatic rings. The largest absolute Gasteiger partial charge is 0.506 e. The van der Waals surface area contributed by atoms with Gasteiger partial charge in [-0.3, -0.25) is 0 Å². The number of benzene rings is 2. The Morgan fingerprint density at radius 3 is 2.09 bits per heavy atom. The maximum atomic E-state index is 15.0. The van der Waals surface area contributed by atoms with E-state index in [1.807, 2.05) is 0 Å². The lowest BCUT2D eigenvalue weighted by atomic mass is 9.81.